The van der Waals surface area contributed by atoms with E-state index in [4.69, 9.17) is 33.4 Å². The van der Waals surface area contributed by atoms with Crippen molar-refractivity contribution in [3.05, 3.63) is 113 Å². The van der Waals surface area contributed by atoms with Gasteiger partial charge in [-0.15, -0.1) is 5.10 Å². The lowest BCUT2D eigenvalue weighted by molar-refractivity contribution is 0.285. The van der Waals surface area contributed by atoms with Crippen molar-refractivity contribution in [1.29, 1.82) is 0 Å². The molecule has 214 valence electrons. The van der Waals surface area contributed by atoms with Gasteiger partial charge in [-0.1, -0.05) is 84.9 Å². The maximum absolute atomic E-state index is 8.94. The summed E-state index contributed by atoms with van der Waals surface area (Å²) < 4.78 is 1.71. The number of benzene rings is 2. The zero-order valence-corrected chi connectivity index (χ0v) is 24.4. The maximum atomic E-state index is 8.94. The summed E-state index contributed by atoms with van der Waals surface area (Å²) in [4.78, 5) is 4.60. The lowest BCUT2D eigenvalue weighted by Gasteiger charge is -2.15. The Kier molecular flexibility index (Phi) is 11.3. The van der Waals surface area contributed by atoms with E-state index in [0.717, 1.165) is 47.3 Å². The molecular formula is C32H35Cl2N5O2. The van der Waals surface area contributed by atoms with Gasteiger partial charge >= 0.3 is 0 Å². The molecule has 9 heteroatoms. The first-order valence-electron chi connectivity index (χ1n) is 13.5. The van der Waals surface area contributed by atoms with Crippen LogP contribution in [-0.2, 0) is 13.1 Å². The Hall–Kier alpha value is -3.30. The SMILES string of the molecule is C=C/C(=C(/Cl)C(=C)c1ccn2nc(CNCCCO)nc2c1)c1cccc(-c2ccc(CNCCCO)cc2)c1Cl. The summed E-state index contributed by atoms with van der Waals surface area (Å²) in [5.41, 5.74) is 6.59. The lowest BCUT2D eigenvalue weighted by Crippen LogP contribution is -2.16. The van der Waals surface area contributed by atoms with Crippen LogP contribution in [0.4, 0.5) is 0 Å². The zero-order valence-electron chi connectivity index (χ0n) is 22.9. The molecule has 7 nitrogen and oxygen atoms in total. The Morgan fingerprint density at radius 1 is 0.976 bits per heavy atom. The number of nitrogens with one attached hydrogen (secondary N) is 2. The molecule has 0 saturated carbocycles. The van der Waals surface area contributed by atoms with Crippen LogP contribution < -0.4 is 10.6 Å². The normalized spacial score (nSPS) is 12.0. The Balaban J connectivity index is 1.56. The molecule has 0 radical (unpaired) electrons. The van der Waals surface area contributed by atoms with Crippen LogP contribution >= 0.6 is 23.2 Å². The van der Waals surface area contributed by atoms with Gasteiger partial charge < -0.3 is 20.8 Å². The van der Waals surface area contributed by atoms with Crippen LogP contribution in [-0.4, -0.2) is 51.1 Å². The van der Waals surface area contributed by atoms with Gasteiger partial charge in [0.05, 0.1) is 16.6 Å². The van der Waals surface area contributed by atoms with Crippen LogP contribution in [0.1, 0.15) is 35.4 Å². The number of fused-ring (bicyclic) bond motifs is 1. The molecule has 0 aliphatic carbocycles. The number of rotatable bonds is 15. The number of hydrogen-bond donors (Lipinski definition) is 4. The summed E-state index contributed by atoms with van der Waals surface area (Å²) in [5, 5.41) is 29.9. The summed E-state index contributed by atoms with van der Waals surface area (Å²) in [7, 11) is 0. The van der Waals surface area contributed by atoms with Crippen LogP contribution in [0.2, 0.25) is 5.02 Å². The highest BCUT2D eigenvalue weighted by molar-refractivity contribution is 6.42. The molecule has 4 rings (SSSR count). The fraction of sp³-hybridized carbons (Fsp3) is 0.250. The van der Waals surface area contributed by atoms with E-state index in [2.05, 4.69) is 58.1 Å². The molecule has 0 atom stereocenters. The summed E-state index contributed by atoms with van der Waals surface area (Å²) in [6, 6.07) is 17.9. The highest BCUT2D eigenvalue weighted by atomic mass is 35.5. The predicted octanol–water partition coefficient (Wildman–Crippen LogP) is 5.84. The van der Waals surface area contributed by atoms with E-state index >= 15 is 0 Å². The first-order chi connectivity index (χ1) is 20.0. The molecule has 0 aliphatic rings. The summed E-state index contributed by atoms with van der Waals surface area (Å²) in [6.07, 6.45) is 4.94. The molecular weight excluding hydrogens is 557 g/mol. The van der Waals surface area contributed by atoms with E-state index < -0.39 is 0 Å². The third-order valence-corrected chi connectivity index (χ3v) is 7.46. The summed E-state index contributed by atoms with van der Waals surface area (Å²) >= 11 is 13.9. The second kappa shape index (κ2) is 15.1. The summed E-state index contributed by atoms with van der Waals surface area (Å²) in [6.45, 7) is 11.3. The van der Waals surface area contributed by atoms with Crippen LogP contribution in [0.15, 0.2) is 85.1 Å². The number of aromatic nitrogens is 3. The van der Waals surface area contributed by atoms with Crippen LogP contribution in [0.3, 0.4) is 0 Å². The fourth-order valence-corrected chi connectivity index (χ4v) is 5.03. The molecule has 4 aromatic rings. The molecule has 0 aliphatic heterocycles. The van der Waals surface area contributed by atoms with Gasteiger partial charge in [-0.2, -0.15) is 0 Å². The van der Waals surface area contributed by atoms with Gasteiger partial charge in [-0.05, 0) is 60.3 Å². The van der Waals surface area contributed by atoms with Gasteiger partial charge in [0.2, 0.25) is 0 Å². The van der Waals surface area contributed by atoms with Gasteiger partial charge in [0.25, 0.3) is 0 Å². The van der Waals surface area contributed by atoms with E-state index in [1.165, 1.54) is 0 Å². The van der Waals surface area contributed by atoms with Crippen LogP contribution in [0, 0.1) is 0 Å². The Bertz CT molecular complexity index is 1530. The topological polar surface area (TPSA) is 94.7 Å². The Morgan fingerprint density at radius 3 is 2.37 bits per heavy atom. The van der Waals surface area contributed by atoms with Crippen molar-refractivity contribution < 1.29 is 10.2 Å². The highest BCUT2D eigenvalue weighted by Crippen LogP contribution is 2.39. The van der Waals surface area contributed by atoms with Crippen molar-refractivity contribution in [3.8, 4) is 11.1 Å². The van der Waals surface area contributed by atoms with Gasteiger partial charge in [0, 0.05) is 42.7 Å². The smallest absolute Gasteiger partial charge is 0.165 e. The summed E-state index contributed by atoms with van der Waals surface area (Å²) in [5.74, 6) is 0.661. The second-order valence-electron chi connectivity index (χ2n) is 9.53. The van der Waals surface area contributed by atoms with Gasteiger partial charge in [0.1, 0.15) is 0 Å². The second-order valence-corrected chi connectivity index (χ2v) is 10.3. The number of pyridine rings is 1. The predicted molar refractivity (Wildman–Crippen MR) is 169 cm³/mol. The van der Waals surface area contributed by atoms with E-state index in [0.29, 0.717) is 52.2 Å². The molecule has 4 N–H and O–H groups in total. The molecule has 0 fully saturated rings. The Morgan fingerprint density at radius 2 is 1.68 bits per heavy atom. The molecule has 0 unspecified atom stereocenters. The van der Waals surface area contributed by atoms with Crippen LogP contribution in [0.25, 0.3) is 27.9 Å². The van der Waals surface area contributed by atoms with E-state index in [1.807, 2.05) is 36.5 Å². The van der Waals surface area contributed by atoms with E-state index in [9.17, 15) is 0 Å². The Labute approximate surface area is 250 Å². The molecule has 2 aromatic heterocycles. The van der Waals surface area contributed by atoms with E-state index in [1.54, 1.807) is 10.6 Å². The average molecular weight is 593 g/mol. The fourth-order valence-electron chi connectivity index (χ4n) is 4.40. The molecule has 2 aromatic carbocycles. The van der Waals surface area contributed by atoms with Crippen molar-refractivity contribution in [2.75, 3.05) is 26.3 Å². The number of nitrogens with zero attached hydrogens (tertiary/aromatic N) is 3. The van der Waals surface area contributed by atoms with Gasteiger partial charge in [-0.3, -0.25) is 0 Å². The standard InChI is InChI=1S/C32H35Cl2N5O2/c1-3-26(28-8-4-7-27(32(28)34)24-11-9-23(10-12-24)20-35-14-5-17-40)31(33)22(2)25-13-16-39-30(19-25)37-29(38-39)21-36-15-6-18-41/h3-4,7-13,16,19,35-36,40-41H,1-2,5-6,14-15,17-18,20-21H2/b31-26-. The first-order valence-corrected chi connectivity index (χ1v) is 14.3. The average Bonchev–Trinajstić information content (AvgIpc) is 3.41. The first kappa shape index (κ1) is 30.7. The maximum Gasteiger partial charge on any atom is 0.165 e. The molecule has 2 heterocycles. The highest BCUT2D eigenvalue weighted by Gasteiger charge is 2.16. The number of allylic oxidation sites excluding steroid dienone is 4. The third kappa shape index (κ3) is 7.71. The largest absolute Gasteiger partial charge is 0.396 e. The number of aliphatic hydroxyl groups excluding tert-OH is 2. The van der Waals surface area contributed by atoms with Gasteiger partial charge in [0.15, 0.2) is 11.5 Å². The number of aliphatic hydroxyl groups is 2. The lowest BCUT2D eigenvalue weighted by atomic mass is 9.95. The monoisotopic (exact) mass is 591 g/mol. The van der Waals surface area contributed by atoms with Crippen molar-refractivity contribution in [2.24, 2.45) is 0 Å². The quantitative estimate of drug-likeness (QED) is 0.102. The zero-order chi connectivity index (χ0) is 29.2. The van der Waals surface area contributed by atoms with Gasteiger partial charge in [-0.25, -0.2) is 9.50 Å². The number of hydrogen-bond acceptors (Lipinski definition) is 6. The number of halogens is 2. The van der Waals surface area contributed by atoms with Crippen molar-refractivity contribution in [3.63, 3.8) is 0 Å². The minimum absolute atomic E-state index is 0.145. The minimum atomic E-state index is 0.145. The van der Waals surface area contributed by atoms with Crippen molar-refractivity contribution >= 4 is 40.0 Å². The van der Waals surface area contributed by atoms with Crippen LogP contribution in [0.5, 0.6) is 0 Å². The molecule has 0 saturated heterocycles. The van der Waals surface area contributed by atoms with E-state index in [-0.39, 0.29) is 13.2 Å². The molecule has 0 spiro atoms. The van der Waals surface area contributed by atoms with Crippen molar-refractivity contribution in [1.82, 2.24) is 25.2 Å². The molecule has 41 heavy (non-hydrogen) atoms. The van der Waals surface area contributed by atoms with Crippen molar-refractivity contribution in [2.45, 2.75) is 25.9 Å². The molecule has 0 amide bonds. The third-order valence-electron chi connectivity index (χ3n) is 6.62. The minimum Gasteiger partial charge on any atom is -0.396 e. The molecule has 0 bridgehead atoms.